The standard InChI is InChI=1S/C26H24N2O4/c1-16-10-11-17(2)21(14-16)28-25(29)23(18-8-6-5-7-9-18)24(26(28)30)27-20-13-12-19(31-3)15-22(20)32-4/h5-15,27H,1-4H3. The molecule has 0 saturated heterocycles. The van der Waals surface area contributed by atoms with Crippen molar-refractivity contribution in [3.63, 3.8) is 0 Å². The number of nitrogens with zero attached hydrogens (tertiary/aromatic N) is 1. The topological polar surface area (TPSA) is 67.9 Å². The molecule has 0 spiro atoms. The Bertz CT molecular complexity index is 1230. The van der Waals surface area contributed by atoms with Gasteiger partial charge in [-0.05, 0) is 48.7 Å². The first-order chi connectivity index (χ1) is 15.4. The normalized spacial score (nSPS) is 13.6. The highest BCUT2D eigenvalue weighted by molar-refractivity contribution is 6.46. The number of anilines is 2. The van der Waals surface area contributed by atoms with Crippen LogP contribution in [-0.4, -0.2) is 26.0 Å². The van der Waals surface area contributed by atoms with Crippen LogP contribution in [0.5, 0.6) is 11.5 Å². The Morgan fingerprint density at radius 2 is 1.56 bits per heavy atom. The van der Waals surface area contributed by atoms with Crippen LogP contribution >= 0.6 is 0 Å². The molecule has 1 heterocycles. The lowest BCUT2D eigenvalue weighted by atomic mass is 10.0. The summed E-state index contributed by atoms with van der Waals surface area (Å²) >= 11 is 0. The number of benzene rings is 3. The third kappa shape index (κ3) is 3.71. The highest BCUT2D eigenvalue weighted by Gasteiger charge is 2.41. The summed E-state index contributed by atoms with van der Waals surface area (Å²) < 4.78 is 10.7. The number of methoxy groups -OCH3 is 2. The van der Waals surface area contributed by atoms with E-state index in [9.17, 15) is 9.59 Å². The van der Waals surface area contributed by atoms with Crippen molar-refractivity contribution in [2.24, 2.45) is 0 Å². The molecule has 0 aliphatic carbocycles. The molecule has 2 amide bonds. The van der Waals surface area contributed by atoms with Crippen LogP contribution in [0.3, 0.4) is 0 Å². The second kappa shape index (κ2) is 8.59. The van der Waals surface area contributed by atoms with Crippen LogP contribution in [0.15, 0.2) is 72.4 Å². The van der Waals surface area contributed by atoms with Gasteiger partial charge in [-0.1, -0.05) is 42.5 Å². The Labute approximate surface area is 187 Å². The van der Waals surface area contributed by atoms with Crippen LogP contribution in [-0.2, 0) is 9.59 Å². The van der Waals surface area contributed by atoms with E-state index < -0.39 is 5.91 Å². The number of hydrogen-bond donors (Lipinski definition) is 1. The van der Waals surface area contributed by atoms with Crippen LogP contribution in [0.2, 0.25) is 0 Å². The number of amides is 2. The maximum atomic E-state index is 13.6. The molecule has 3 aromatic rings. The lowest BCUT2D eigenvalue weighted by molar-refractivity contribution is -0.120. The highest BCUT2D eigenvalue weighted by atomic mass is 16.5. The number of ether oxygens (including phenoxy) is 2. The zero-order chi connectivity index (χ0) is 22.8. The minimum absolute atomic E-state index is 0.200. The maximum Gasteiger partial charge on any atom is 0.282 e. The lowest BCUT2D eigenvalue weighted by Gasteiger charge is -2.19. The summed E-state index contributed by atoms with van der Waals surface area (Å²) in [6.07, 6.45) is 0. The molecule has 0 atom stereocenters. The molecule has 4 rings (SSSR count). The molecular weight excluding hydrogens is 404 g/mol. The van der Waals surface area contributed by atoms with Crippen molar-refractivity contribution in [2.45, 2.75) is 13.8 Å². The third-order valence-electron chi connectivity index (χ3n) is 5.42. The molecular formula is C26H24N2O4. The first-order valence-electron chi connectivity index (χ1n) is 10.2. The van der Waals surface area contributed by atoms with Gasteiger partial charge in [-0.15, -0.1) is 0 Å². The Hall–Kier alpha value is -4.06. The second-order valence-corrected chi connectivity index (χ2v) is 7.54. The Kier molecular flexibility index (Phi) is 5.69. The van der Waals surface area contributed by atoms with E-state index in [1.807, 2.05) is 62.4 Å². The van der Waals surface area contributed by atoms with Crippen LogP contribution in [0.25, 0.3) is 5.57 Å². The molecule has 0 bridgehead atoms. The number of nitrogens with one attached hydrogen (secondary N) is 1. The van der Waals surface area contributed by atoms with Gasteiger partial charge in [-0.3, -0.25) is 9.59 Å². The van der Waals surface area contributed by atoms with Crippen molar-refractivity contribution >= 4 is 28.8 Å². The molecule has 162 valence electrons. The van der Waals surface area contributed by atoms with Crippen LogP contribution < -0.4 is 19.7 Å². The Morgan fingerprint density at radius 1 is 0.812 bits per heavy atom. The predicted molar refractivity (Wildman–Crippen MR) is 125 cm³/mol. The number of hydrogen-bond acceptors (Lipinski definition) is 5. The van der Waals surface area contributed by atoms with E-state index in [-0.39, 0.29) is 11.6 Å². The minimum atomic E-state index is -0.416. The fourth-order valence-corrected chi connectivity index (χ4v) is 3.73. The molecule has 1 N–H and O–H groups in total. The van der Waals surface area contributed by atoms with Crippen molar-refractivity contribution in [3.05, 3.63) is 89.1 Å². The van der Waals surface area contributed by atoms with Gasteiger partial charge in [0.05, 0.1) is 31.2 Å². The van der Waals surface area contributed by atoms with Crippen LogP contribution in [0, 0.1) is 13.8 Å². The van der Waals surface area contributed by atoms with E-state index in [4.69, 9.17) is 9.47 Å². The van der Waals surface area contributed by atoms with E-state index in [2.05, 4.69) is 5.32 Å². The molecule has 6 nitrogen and oxygen atoms in total. The Balaban J connectivity index is 1.85. The number of rotatable bonds is 6. The highest BCUT2D eigenvalue weighted by Crippen LogP contribution is 2.37. The number of carbonyl (C=O) groups excluding carboxylic acids is 2. The molecule has 0 saturated carbocycles. The van der Waals surface area contributed by atoms with Crippen LogP contribution in [0.4, 0.5) is 11.4 Å². The first kappa shape index (κ1) is 21.2. The van der Waals surface area contributed by atoms with Gasteiger partial charge in [0.25, 0.3) is 11.8 Å². The largest absolute Gasteiger partial charge is 0.497 e. The molecule has 6 heteroatoms. The van der Waals surface area contributed by atoms with Crippen molar-refractivity contribution < 1.29 is 19.1 Å². The summed E-state index contributed by atoms with van der Waals surface area (Å²) in [7, 11) is 3.11. The molecule has 0 unspecified atom stereocenters. The predicted octanol–water partition coefficient (Wildman–Crippen LogP) is 4.72. The zero-order valence-electron chi connectivity index (χ0n) is 18.4. The van der Waals surface area contributed by atoms with E-state index in [0.29, 0.717) is 34.0 Å². The van der Waals surface area contributed by atoms with Gasteiger partial charge in [0.15, 0.2) is 0 Å². The fraction of sp³-hybridized carbons (Fsp3) is 0.154. The van der Waals surface area contributed by atoms with E-state index >= 15 is 0 Å². The van der Waals surface area contributed by atoms with E-state index in [1.54, 1.807) is 25.3 Å². The average Bonchev–Trinajstić information content (AvgIpc) is 3.05. The van der Waals surface area contributed by atoms with Gasteiger partial charge < -0.3 is 14.8 Å². The molecule has 0 aromatic heterocycles. The van der Waals surface area contributed by atoms with Gasteiger partial charge >= 0.3 is 0 Å². The molecule has 1 aliphatic heterocycles. The molecule has 0 fully saturated rings. The van der Waals surface area contributed by atoms with E-state index in [0.717, 1.165) is 11.1 Å². The molecule has 1 aliphatic rings. The second-order valence-electron chi connectivity index (χ2n) is 7.54. The molecule has 0 radical (unpaired) electrons. The van der Waals surface area contributed by atoms with Gasteiger partial charge in [-0.2, -0.15) is 0 Å². The number of carbonyl (C=O) groups is 2. The SMILES string of the molecule is COc1ccc(NC2=C(c3ccccc3)C(=O)N(c3cc(C)ccc3C)C2=O)c(OC)c1. The monoisotopic (exact) mass is 428 g/mol. The molecule has 32 heavy (non-hydrogen) atoms. The zero-order valence-corrected chi connectivity index (χ0v) is 18.4. The summed E-state index contributed by atoms with van der Waals surface area (Å²) in [4.78, 5) is 28.4. The number of aryl methyl sites for hydroxylation is 2. The van der Waals surface area contributed by atoms with Gasteiger partial charge in [-0.25, -0.2) is 4.90 Å². The fourth-order valence-electron chi connectivity index (χ4n) is 3.73. The van der Waals surface area contributed by atoms with Gasteiger partial charge in [0.2, 0.25) is 0 Å². The summed E-state index contributed by atoms with van der Waals surface area (Å²) in [5.41, 5.74) is 4.11. The molecule has 3 aromatic carbocycles. The average molecular weight is 428 g/mol. The summed E-state index contributed by atoms with van der Waals surface area (Å²) in [6.45, 7) is 3.82. The Morgan fingerprint density at radius 3 is 2.25 bits per heavy atom. The smallest absolute Gasteiger partial charge is 0.282 e. The van der Waals surface area contributed by atoms with Crippen LogP contribution in [0.1, 0.15) is 16.7 Å². The van der Waals surface area contributed by atoms with Crippen molar-refractivity contribution in [1.29, 1.82) is 0 Å². The van der Waals surface area contributed by atoms with Crippen molar-refractivity contribution in [1.82, 2.24) is 0 Å². The van der Waals surface area contributed by atoms with Gasteiger partial charge in [0, 0.05) is 6.07 Å². The summed E-state index contributed by atoms with van der Waals surface area (Å²) in [5.74, 6) is 0.329. The number of imide groups is 1. The van der Waals surface area contributed by atoms with Gasteiger partial charge in [0.1, 0.15) is 17.2 Å². The quantitative estimate of drug-likeness (QED) is 0.576. The van der Waals surface area contributed by atoms with E-state index in [1.165, 1.54) is 12.0 Å². The minimum Gasteiger partial charge on any atom is -0.497 e. The van der Waals surface area contributed by atoms with Crippen molar-refractivity contribution in [2.75, 3.05) is 24.4 Å². The summed E-state index contributed by atoms with van der Waals surface area (Å²) in [6, 6.07) is 20.1. The van der Waals surface area contributed by atoms with Crippen molar-refractivity contribution in [3.8, 4) is 11.5 Å². The third-order valence-corrected chi connectivity index (χ3v) is 5.42. The summed E-state index contributed by atoms with van der Waals surface area (Å²) in [5, 5.41) is 3.16. The first-order valence-corrected chi connectivity index (χ1v) is 10.2. The maximum absolute atomic E-state index is 13.6. The lowest BCUT2D eigenvalue weighted by Crippen LogP contribution is -2.33.